The molecule has 1 aliphatic rings. The van der Waals surface area contributed by atoms with Crippen LogP contribution in [0.3, 0.4) is 0 Å². The Morgan fingerprint density at radius 3 is 3.00 bits per heavy atom. The van der Waals surface area contributed by atoms with Crippen molar-refractivity contribution in [3.8, 4) is 6.07 Å². The Balaban J connectivity index is 2.05. The standard InChI is InChI=1S/C15H15ClN4O2/c1-9-4-10(15(21)22)8-19(7-9)14-12(6-17)20-3-2-11(16)5-13(20)18-14/h2-3,5,9-10H,4,7-8H2,1H3,(H,21,22). The van der Waals surface area contributed by atoms with E-state index >= 15 is 0 Å². The quantitative estimate of drug-likeness (QED) is 0.919. The number of hydrogen-bond donors (Lipinski definition) is 1. The van der Waals surface area contributed by atoms with Crippen LogP contribution in [0.15, 0.2) is 18.3 Å². The van der Waals surface area contributed by atoms with Crippen molar-refractivity contribution >= 4 is 29.0 Å². The molecule has 2 unspecified atom stereocenters. The molecule has 7 heteroatoms. The molecule has 1 N–H and O–H groups in total. The molecule has 0 saturated carbocycles. The Labute approximate surface area is 132 Å². The molecule has 2 aromatic heterocycles. The normalized spacial score (nSPS) is 21.8. The van der Waals surface area contributed by atoms with Gasteiger partial charge in [0.15, 0.2) is 11.5 Å². The first-order valence-electron chi connectivity index (χ1n) is 7.05. The van der Waals surface area contributed by atoms with Gasteiger partial charge < -0.3 is 10.0 Å². The number of piperidine rings is 1. The van der Waals surface area contributed by atoms with Gasteiger partial charge in [0.05, 0.1) is 5.92 Å². The predicted octanol–water partition coefficient (Wildman–Crippen LogP) is 2.41. The molecule has 0 amide bonds. The van der Waals surface area contributed by atoms with Crippen molar-refractivity contribution in [3.63, 3.8) is 0 Å². The Morgan fingerprint density at radius 2 is 2.32 bits per heavy atom. The van der Waals surface area contributed by atoms with E-state index < -0.39 is 11.9 Å². The van der Waals surface area contributed by atoms with Crippen molar-refractivity contribution in [1.82, 2.24) is 9.38 Å². The molecule has 0 radical (unpaired) electrons. The summed E-state index contributed by atoms with van der Waals surface area (Å²) in [6.45, 7) is 3.07. The number of rotatable bonds is 2. The highest BCUT2D eigenvalue weighted by Gasteiger charge is 2.32. The van der Waals surface area contributed by atoms with E-state index in [0.717, 1.165) is 0 Å². The highest BCUT2D eigenvalue weighted by atomic mass is 35.5. The number of carboxylic acid groups (broad SMARTS) is 1. The SMILES string of the molecule is CC1CC(C(=O)O)CN(c2nc3cc(Cl)ccn3c2C#N)C1. The molecule has 0 spiro atoms. The zero-order valence-corrected chi connectivity index (χ0v) is 12.8. The molecule has 0 aromatic carbocycles. The third-order valence-electron chi connectivity index (χ3n) is 3.98. The predicted molar refractivity (Wildman–Crippen MR) is 82.0 cm³/mol. The smallest absolute Gasteiger partial charge is 0.308 e. The van der Waals surface area contributed by atoms with Gasteiger partial charge in [0, 0.05) is 30.4 Å². The topological polar surface area (TPSA) is 81.6 Å². The maximum absolute atomic E-state index is 11.3. The minimum Gasteiger partial charge on any atom is -0.481 e. The second-order valence-corrected chi connectivity index (χ2v) is 6.19. The maximum Gasteiger partial charge on any atom is 0.308 e. The van der Waals surface area contributed by atoms with Gasteiger partial charge in [-0.05, 0) is 18.4 Å². The molecule has 0 aliphatic carbocycles. The fourth-order valence-electron chi connectivity index (χ4n) is 3.04. The summed E-state index contributed by atoms with van der Waals surface area (Å²) in [5, 5.41) is 19.3. The Kier molecular flexibility index (Phi) is 3.67. The average Bonchev–Trinajstić information content (AvgIpc) is 2.84. The highest BCUT2D eigenvalue weighted by Crippen LogP contribution is 2.29. The van der Waals surface area contributed by atoms with Crippen LogP contribution >= 0.6 is 11.6 Å². The number of carbonyl (C=O) groups is 1. The van der Waals surface area contributed by atoms with E-state index in [2.05, 4.69) is 11.1 Å². The largest absolute Gasteiger partial charge is 0.481 e. The van der Waals surface area contributed by atoms with Gasteiger partial charge in [0.25, 0.3) is 0 Å². The van der Waals surface area contributed by atoms with Gasteiger partial charge in [-0.2, -0.15) is 5.26 Å². The summed E-state index contributed by atoms with van der Waals surface area (Å²) in [6, 6.07) is 5.55. The number of aliphatic carboxylic acids is 1. The third-order valence-corrected chi connectivity index (χ3v) is 4.22. The van der Waals surface area contributed by atoms with Gasteiger partial charge in [0.2, 0.25) is 0 Å². The molecular weight excluding hydrogens is 304 g/mol. The molecular formula is C15H15ClN4O2. The first-order chi connectivity index (χ1) is 10.5. The van der Waals surface area contributed by atoms with E-state index in [1.165, 1.54) is 0 Å². The summed E-state index contributed by atoms with van der Waals surface area (Å²) in [5.41, 5.74) is 0.994. The van der Waals surface area contributed by atoms with Gasteiger partial charge in [-0.25, -0.2) is 4.98 Å². The Hall–Kier alpha value is -2.26. The number of halogens is 1. The average molecular weight is 319 g/mol. The number of fused-ring (bicyclic) bond motifs is 1. The first-order valence-corrected chi connectivity index (χ1v) is 7.43. The summed E-state index contributed by atoms with van der Waals surface area (Å²) in [5.74, 6) is -0.483. The Bertz CT molecular complexity index is 780. The highest BCUT2D eigenvalue weighted by molar-refractivity contribution is 6.30. The van der Waals surface area contributed by atoms with E-state index in [1.807, 2.05) is 11.8 Å². The summed E-state index contributed by atoms with van der Waals surface area (Å²) in [6.07, 6.45) is 2.35. The lowest BCUT2D eigenvalue weighted by molar-refractivity contribution is -0.142. The second kappa shape index (κ2) is 5.50. The number of hydrogen-bond acceptors (Lipinski definition) is 4. The minimum absolute atomic E-state index is 0.231. The zero-order chi connectivity index (χ0) is 15.9. The molecule has 0 bridgehead atoms. The summed E-state index contributed by atoms with van der Waals surface area (Å²) in [4.78, 5) is 17.7. The minimum atomic E-state index is -0.804. The van der Waals surface area contributed by atoms with Crippen LogP contribution in [0.5, 0.6) is 0 Å². The van der Waals surface area contributed by atoms with Gasteiger partial charge in [-0.15, -0.1) is 0 Å². The Morgan fingerprint density at radius 1 is 1.55 bits per heavy atom. The molecule has 1 saturated heterocycles. The van der Waals surface area contributed by atoms with Crippen LogP contribution in [0, 0.1) is 23.2 Å². The van der Waals surface area contributed by atoms with Crippen molar-refractivity contribution < 1.29 is 9.90 Å². The van der Waals surface area contributed by atoms with Gasteiger partial charge in [-0.1, -0.05) is 18.5 Å². The van der Waals surface area contributed by atoms with Crippen LogP contribution in [0.2, 0.25) is 5.02 Å². The monoisotopic (exact) mass is 318 g/mol. The van der Waals surface area contributed by atoms with Crippen LogP contribution in [0.1, 0.15) is 19.0 Å². The molecule has 2 atom stereocenters. The molecule has 3 heterocycles. The van der Waals surface area contributed by atoms with E-state index in [9.17, 15) is 15.2 Å². The molecule has 6 nitrogen and oxygen atoms in total. The van der Waals surface area contributed by atoms with Crippen molar-refractivity contribution in [2.24, 2.45) is 11.8 Å². The van der Waals surface area contributed by atoms with Crippen molar-refractivity contribution in [1.29, 1.82) is 5.26 Å². The molecule has 1 aliphatic heterocycles. The van der Waals surface area contributed by atoms with E-state index in [1.54, 1.807) is 22.7 Å². The van der Waals surface area contributed by atoms with Crippen LogP contribution in [-0.4, -0.2) is 33.6 Å². The fraction of sp³-hybridized carbons (Fsp3) is 0.400. The summed E-state index contributed by atoms with van der Waals surface area (Å²) in [7, 11) is 0. The molecule has 114 valence electrons. The van der Waals surface area contributed by atoms with E-state index in [0.29, 0.717) is 41.7 Å². The van der Waals surface area contributed by atoms with Crippen molar-refractivity contribution in [2.45, 2.75) is 13.3 Å². The van der Waals surface area contributed by atoms with Crippen LogP contribution in [0.25, 0.3) is 5.65 Å². The number of aromatic nitrogens is 2. The molecule has 22 heavy (non-hydrogen) atoms. The molecule has 3 rings (SSSR count). The number of imidazole rings is 1. The second-order valence-electron chi connectivity index (χ2n) is 5.75. The summed E-state index contributed by atoms with van der Waals surface area (Å²) < 4.78 is 1.68. The number of anilines is 1. The van der Waals surface area contributed by atoms with Gasteiger partial charge >= 0.3 is 5.97 Å². The third kappa shape index (κ3) is 2.48. The van der Waals surface area contributed by atoms with Gasteiger partial charge in [0.1, 0.15) is 11.7 Å². The van der Waals surface area contributed by atoms with Crippen molar-refractivity contribution in [3.05, 3.63) is 29.0 Å². The number of nitriles is 1. The first kappa shape index (κ1) is 14.7. The lowest BCUT2D eigenvalue weighted by atomic mass is 9.90. The van der Waals surface area contributed by atoms with Gasteiger partial charge in [-0.3, -0.25) is 9.20 Å². The zero-order valence-electron chi connectivity index (χ0n) is 12.0. The van der Waals surface area contributed by atoms with E-state index in [-0.39, 0.29) is 5.92 Å². The number of nitrogens with zero attached hydrogens (tertiary/aromatic N) is 4. The molecule has 2 aromatic rings. The van der Waals surface area contributed by atoms with Crippen molar-refractivity contribution in [2.75, 3.05) is 18.0 Å². The lowest BCUT2D eigenvalue weighted by Crippen LogP contribution is -2.43. The number of carboxylic acids is 1. The number of pyridine rings is 1. The van der Waals surface area contributed by atoms with Crippen LogP contribution in [0.4, 0.5) is 5.82 Å². The fourth-order valence-corrected chi connectivity index (χ4v) is 3.19. The maximum atomic E-state index is 11.3. The van der Waals surface area contributed by atoms with Crippen LogP contribution in [-0.2, 0) is 4.79 Å². The van der Waals surface area contributed by atoms with Crippen LogP contribution < -0.4 is 4.90 Å². The lowest BCUT2D eigenvalue weighted by Gasteiger charge is -2.34. The summed E-state index contributed by atoms with van der Waals surface area (Å²) >= 11 is 5.97. The van der Waals surface area contributed by atoms with E-state index in [4.69, 9.17) is 11.6 Å². The molecule has 1 fully saturated rings.